The minimum atomic E-state index is -1.03. The van der Waals surface area contributed by atoms with Gasteiger partial charge in [-0.1, -0.05) is 0 Å². The van der Waals surface area contributed by atoms with Crippen LogP contribution in [0.3, 0.4) is 0 Å². The van der Waals surface area contributed by atoms with Gasteiger partial charge >= 0.3 is 6.09 Å². The number of amides is 2. The molecular formula is C12H22N2O3. The van der Waals surface area contributed by atoms with Crippen LogP contribution in [0.1, 0.15) is 41.0 Å². The van der Waals surface area contributed by atoms with Gasteiger partial charge in [0.1, 0.15) is 6.04 Å². The third-order valence-corrected chi connectivity index (χ3v) is 3.08. The first-order valence-electron chi connectivity index (χ1n) is 5.99. The standard InChI is InChI=1S/C12H22N2O3/c1-8(2)13-7-6-9(10(13)15)14(11(16)17)12(3,4)5/h8-9H,6-7H2,1-5H3,(H,16,17)/t9-/m0/s1. The Morgan fingerprint density at radius 2 is 2.00 bits per heavy atom. The van der Waals surface area contributed by atoms with Crippen LogP contribution >= 0.6 is 0 Å². The van der Waals surface area contributed by atoms with Gasteiger partial charge in [0.05, 0.1) is 0 Å². The quantitative estimate of drug-likeness (QED) is 0.802. The van der Waals surface area contributed by atoms with E-state index < -0.39 is 17.7 Å². The minimum absolute atomic E-state index is 0.0719. The fourth-order valence-electron chi connectivity index (χ4n) is 2.33. The van der Waals surface area contributed by atoms with Crippen molar-refractivity contribution in [2.45, 2.75) is 58.7 Å². The molecule has 2 amide bonds. The van der Waals surface area contributed by atoms with E-state index in [-0.39, 0.29) is 11.9 Å². The predicted molar refractivity (Wildman–Crippen MR) is 64.9 cm³/mol. The Labute approximate surface area is 102 Å². The molecule has 0 aromatic heterocycles. The van der Waals surface area contributed by atoms with Gasteiger partial charge in [-0.2, -0.15) is 0 Å². The highest BCUT2D eigenvalue weighted by Crippen LogP contribution is 2.26. The van der Waals surface area contributed by atoms with Gasteiger partial charge in [-0.05, 0) is 41.0 Å². The molecule has 1 aliphatic rings. The summed E-state index contributed by atoms with van der Waals surface area (Å²) in [5.41, 5.74) is -0.556. The Morgan fingerprint density at radius 1 is 1.47 bits per heavy atom. The van der Waals surface area contributed by atoms with E-state index in [1.807, 2.05) is 34.6 Å². The van der Waals surface area contributed by atoms with Gasteiger partial charge in [0.2, 0.25) is 5.91 Å². The van der Waals surface area contributed by atoms with Gasteiger partial charge in [0.25, 0.3) is 0 Å². The highest BCUT2D eigenvalue weighted by Gasteiger charge is 2.43. The molecule has 1 heterocycles. The fourth-order valence-corrected chi connectivity index (χ4v) is 2.33. The summed E-state index contributed by atoms with van der Waals surface area (Å²) in [6, 6.07) is -0.405. The van der Waals surface area contributed by atoms with Crippen molar-refractivity contribution in [2.75, 3.05) is 6.54 Å². The van der Waals surface area contributed by atoms with Gasteiger partial charge in [-0.3, -0.25) is 9.69 Å². The van der Waals surface area contributed by atoms with E-state index in [2.05, 4.69) is 0 Å². The molecule has 98 valence electrons. The first kappa shape index (κ1) is 13.8. The lowest BCUT2D eigenvalue weighted by atomic mass is 10.0. The van der Waals surface area contributed by atoms with Gasteiger partial charge in [0, 0.05) is 18.1 Å². The first-order chi connectivity index (χ1) is 7.66. The second-order valence-corrected chi connectivity index (χ2v) is 5.75. The molecule has 5 nitrogen and oxygen atoms in total. The third-order valence-electron chi connectivity index (χ3n) is 3.08. The predicted octanol–water partition coefficient (Wildman–Crippen LogP) is 1.77. The Bertz CT molecular complexity index is 320. The van der Waals surface area contributed by atoms with Crippen LogP contribution in [0.5, 0.6) is 0 Å². The van der Waals surface area contributed by atoms with E-state index in [1.165, 1.54) is 4.90 Å². The molecule has 0 saturated carbocycles. The summed E-state index contributed by atoms with van der Waals surface area (Å²) < 4.78 is 0. The van der Waals surface area contributed by atoms with Crippen molar-refractivity contribution in [1.29, 1.82) is 0 Å². The molecule has 0 bridgehead atoms. The maximum atomic E-state index is 12.2. The van der Waals surface area contributed by atoms with Crippen molar-refractivity contribution in [3.8, 4) is 0 Å². The minimum Gasteiger partial charge on any atom is -0.465 e. The highest BCUT2D eigenvalue weighted by atomic mass is 16.4. The molecule has 1 fully saturated rings. The van der Waals surface area contributed by atoms with Crippen molar-refractivity contribution >= 4 is 12.0 Å². The van der Waals surface area contributed by atoms with Crippen molar-refractivity contribution in [3.05, 3.63) is 0 Å². The number of rotatable bonds is 2. The second kappa shape index (κ2) is 4.55. The van der Waals surface area contributed by atoms with Gasteiger partial charge < -0.3 is 10.0 Å². The molecule has 1 atom stereocenters. The first-order valence-corrected chi connectivity index (χ1v) is 5.99. The van der Waals surface area contributed by atoms with Crippen LogP contribution in [-0.2, 0) is 4.79 Å². The average Bonchev–Trinajstić information content (AvgIpc) is 2.45. The summed E-state index contributed by atoms with van der Waals surface area (Å²) in [5, 5.41) is 9.27. The zero-order valence-electron chi connectivity index (χ0n) is 11.2. The fraction of sp³-hybridized carbons (Fsp3) is 0.833. The van der Waals surface area contributed by atoms with Gasteiger partial charge in [-0.25, -0.2) is 4.79 Å². The number of hydrogen-bond acceptors (Lipinski definition) is 2. The lowest BCUT2D eigenvalue weighted by Gasteiger charge is -2.37. The summed E-state index contributed by atoms with van der Waals surface area (Å²) in [5.74, 6) is -0.0719. The van der Waals surface area contributed by atoms with Crippen LogP contribution in [0, 0.1) is 0 Å². The molecule has 0 unspecified atom stereocenters. The molecule has 0 spiro atoms. The maximum Gasteiger partial charge on any atom is 0.408 e. The van der Waals surface area contributed by atoms with Crippen molar-refractivity contribution < 1.29 is 14.7 Å². The third kappa shape index (κ3) is 2.70. The molecule has 1 saturated heterocycles. The molecule has 1 aliphatic heterocycles. The van der Waals surface area contributed by atoms with Crippen molar-refractivity contribution in [2.24, 2.45) is 0 Å². The van der Waals surface area contributed by atoms with E-state index in [0.717, 1.165) is 0 Å². The molecule has 17 heavy (non-hydrogen) atoms. The Balaban J connectivity index is 2.93. The Kier molecular flexibility index (Phi) is 3.69. The van der Waals surface area contributed by atoms with Crippen LogP contribution in [-0.4, -0.2) is 51.1 Å². The van der Waals surface area contributed by atoms with Crippen LogP contribution in [0.4, 0.5) is 4.79 Å². The maximum absolute atomic E-state index is 12.2. The smallest absolute Gasteiger partial charge is 0.408 e. The summed E-state index contributed by atoms with van der Waals surface area (Å²) >= 11 is 0. The molecule has 1 rings (SSSR count). The lowest BCUT2D eigenvalue weighted by Crippen LogP contribution is -2.54. The van der Waals surface area contributed by atoms with Crippen LogP contribution in [0.15, 0.2) is 0 Å². The molecule has 0 aromatic rings. The normalized spacial score (nSPS) is 21.2. The number of carbonyl (C=O) groups excluding carboxylic acids is 1. The number of likely N-dealkylation sites (tertiary alicyclic amines) is 1. The number of carbonyl (C=O) groups is 2. The second-order valence-electron chi connectivity index (χ2n) is 5.75. The van der Waals surface area contributed by atoms with Crippen molar-refractivity contribution in [1.82, 2.24) is 9.80 Å². The van der Waals surface area contributed by atoms with Gasteiger partial charge in [-0.15, -0.1) is 0 Å². The van der Waals surface area contributed by atoms with E-state index in [4.69, 9.17) is 0 Å². The zero-order valence-corrected chi connectivity index (χ0v) is 11.2. The summed E-state index contributed by atoms with van der Waals surface area (Å²) in [4.78, 5) is 26.5. The topological polar surface area (TPSA) is 60.9 Å². The van der Waals surface area contributed by atoms with Crippen LogP contribution in [0.2, 0.25) is 0 Å². The lowest BCUT2D eigenvalue weighted by molar-refractivity contribution is -0.134. The Morgan fingerprint density at radius 3 is 2.29 bits per heavy atom. The van der Waals surface area contributed by atoms with Gasteiger partial charge in [0.15, 0.2) is 0 Å². The monoisotopic (exact) mass is 242 g/mol. The Hall–Kier alpha value is -1.26. The van der Waals surface area contributed by atoms with E-state index in [0.29, 0.717) is 13.0 Å². The number of hydrogen-bond donors (Lipinski definition) is 1. The average molecular weight is 242 g/mol. The largest absolute Gasteiger partial charge is 0.465 e. The van der Waals surface area contributed by atoms with E-state index >= 15 is 0 Å². The molecule has 1 N–H and O–H groups in total. The SMILES string of the molecule is CC(C)N1CC[C@H](N(C(=O)O)C(C)(C)C)C1=O. The molecule has 5 heteroatoms. The van der Waals surface area contributed by atoms with Crippen LogP contribution in [0.25, 0.3) is 0 Å². The number of nitrogens with zero attached hydrogens (tertiary/aromatic N) is 2. The summed E-state index contributed by atoms with van der Waals surface area (Å²) in [6.07, 6.45) is -0.443. The van der Waals surface area contributed by atoms with Crippen LogP contribution < -0.4 is 0 Å². The highest BCUT2D eigenvalue weighted by molar-refractivity contribution is 5.87. The number of carboxylic acid groups (broad SMARTS) is 1. The molecule has 0 aliphatic carbocycles. The molecule has 0 aromatic carbocycles. The molecular weight excluding hydrogens is 220 g/mol. The summed E-state index contributed by atoms with van der Waals surface area (Å²) in [7, 11) is 0. The van der Waals surface area contributed by atoms with E-state index in [9.17, 15) is 14.7 Å². The summed E-state index contributed by atoms with van der Waals surface area (Å²) in [6.45, 7) is 9.97. The zero-order chi connectivity index (χ0) is 13.4. The molecule has 0 radical (unpaired) electrons. The van der Waals surface area contributed by atoms with Crippen molar-refractivity contribution in [3.63, 3.8) is 0 Å². The van der Waals surface area contributed by atoms with E-state index in [1.54, 1.807) is 4.90 Å².